The highest BCUT2D eigenvalue weighted by Crippen LogP contribution is 2.31. The number of hydrogen-bond acceptors (Lipinski definition) is 6. The number of halogens is 3. The number of imidazole rings is 1. The number of aromatic nitrogens is 2. The third-order valence-corrected chi connectivity index (χ3v) is 8.52. The van der Waals surface area contributed by atoms with Crippen molar-refractivity contribution in [1.82, 2.24) is 20.0 Å². The van der Waals surface area contributed by atoms with Crippen LogP contribution in [-0.2, 0) is 30.8 Å². The molecule has 2 amide bonds. The molecule has 14 heteroatoms. The van der Waals surface area contributed by atoms with Crippen LogP contribution in [0.3, 0.4) is 0 Å². The minimum atomic E-state index is -5.08. The van der Waals surface area contributed by atoms with Gasteiger partial charge in [0.1, 0.15) is 11.1 Å². The van der Waals surface area contributed by atoms with E-state index in [2.05, 4.69) is 10.3 Å². The van der Waals surface area contributed by atoms with Crippen LogP contribution in [0, 0.1) is 5.92 Å². The fourth-order valence-electron chi connectivity index (χ4n) is 4.78. The van der Waals surface area contributed by atoms with Gasteiger partial charge in [0, 0.05) is 5.92 Å². The Morgan fingerprint density at radius 3 is 2.25 bits per heavy atom. The Morgan fingerprint density at radius 1 is 1.07 bits per heavy atom. The minimum Gasteiger partial charge on any atom is -0.475 e. The van der Waals surface area contributed by atoms with Gasteiger partial charge in [0.15, 0.2) is 0 Å². The summed E-state index contributed by atoms with van der Waals surface area (Å²) in [5, 5.41) is 9.45. The lowest BCUT2D eigenvalue weighted by molar-refractivity contribution is -0.192. The van der Waals surface area contributed by atoms with Crippen LogP contribution in [0.25, 0.3) is 11.0 Å². The third-order valence-electron chi connectivity index (χ3n) is 6.82. The molecule has 2 heterocycles. The van der Waals surface area contributed by atoms with Gasteiger partial charge < -0.3 is 15.4 Å². The number of carbonyl (C=O) groups excluding carboxylic acids is 2. The van der Waals surface area contributed by atoms with Crippen molar-refractivity contribution < 1.29 is 41.1 Å². The highest BCUT2D eigenvalue weighted by Gasteiger charge is 2.38. The maximum Gasteiger partial charge on any atom is 0.490 e. The average molecular weight is 581 g/mol. The molecule has 2 aromatic carbocycles. The maximum absolute atomic E-state index is 12.9. The second kappa shape index (κ2) is 11.7. The second-order valence-electron chi connectivity index (χ2n) is 9.69. The molecule has 0 spiro atoms. The number of amides is 2. The van der Waals surface area contributed by atoms with Crippen LogP contribution in [0.1, 0.15) is 60.3 Å². The highest BCUT2D eigenvalue weighted by molar-refractivity contribution is 7.90. The van der Waals surface area contributed by atoms with E-state index in [-0.39, 0.29) is 24.3 Å². The van der Waals surface area contributed by atoms with Crippen molar-refractivity contribution in [3.05, 3.63) is 65.5 Å². The molecule has 0 bridgehead atoms. The Hall–Kier alpha value is -3.94. The van der Waals surface area contributed by atoms with Crippen LogP contribution in [0.15, 0.2) is 48.5 Å². The molecule has 1 unspecified atom stereocenters. The number of fused-ring (bicyclic) bond motifs is 1. The van der Waals surface area contributed by atoms with Crippen molar-refractivity contribution >= 4 is 38.8 Å². The molecule has 4 N–H and O–H groups in total. The molecular formula is C26H27F3N4O6S. The van der Waals surface area contributed by atoms with E-state index in [1.54, 1.807) is 12.1 Å². The fourth-order valence-corrected chi connectivity index (χ4v) is 6.21. The zero-order valence-corrected chi connectivity index (χ0v) is 21.9. The van der Waals surface area contributed by atoms with Gasteiger partial charge in [-0.15, -0.1) is 0 Å². The molecule has 3 aromatic rings. The summed E-state index contributed by atoms with van der Waals surface area (Å²) in [6.07, 6.45) is -0.660. The predicted octanol–water partition coefficient (Wildman–Crippen LogP) is 3.68. The quantitative estimate of drug-likeness (QED) is 0.346. The van der Waals surface area contributed by atoms with Crippen LogP contribution >= 0.6 is 0 Å². The number of alkyl halides is 3. The number of carboxylic acid groups (broad SMARTS) is 1. The zero-order chi connectivity index (χ0) is 29.1. The summed E-state index contributed by atoms with van der Waals surface area (Å²) >= 11 is 0. The number of H-pyrrole nitrogens is 1. The number of carboxylic acids is 1. The summed E-state index contributed by atoms with van der Waals surface area (Å²) in [4.78, 5) is 41.4. The number of aromatic amines is 1. The largest absolute Gasteiger partial charge is 0.490 e. The van der Waals surface area contributed by atoms with Gasteiger partial charge in [0.25, 0.3) is 0 Å². The first kappa shape index (κ1) is 29.1. The van der Waals surface area contributed by atoms with Gasteiger partial charge in [-0.1, -0.05) is 49.2 Å². The molecule has 2 fully saturated rings. The monoisotopic (exact) mass is 580 g/mol. The van der Waals surface area contributed by atoms with Crippen molar-refractivity contribution in [1.29, 1.82) is 0 Å². The van der Waals surface area contributed by atoms with Gasteiger partial charge in [0.05, 0.1) is 23.5 Å². The molecule has 1 aliphatic heterocycles. The van der Waals surface area contributed by atoms with Crippen LogP contribution in [-0.4, -0.2) is 47.5 Å². The zero-order valence-electron chi connectivity index (χ0n) is 21.1. The Morgan fingerprint density at radius 2 is 1.70 bits per heavy atom. The summed E-state index contributed by atoms with van der Waals surface area (Å²) in [5.41, 5.74) is 3.26. The minimum absolute atomic E-state index is 0.0388. The molecule has 5 rings (SSSR count). The van der Waals surface area contributed by atoms with Crippen molar-refractivity contribution in [3.63, 3.8) is 0 Å². The highest BCUT2D eigenvalue weighted by atomic mass is 32.2. The van der Waals surface area contributed by atoms with E-state index >= 15 is 0 Å². The molecule has 0 radical (unpaired) electrons. The topological polar surface area (TPSA) is 158 Å². The predicted molar refractivity (Wildman–Crippen MR) is 137 cm³/mol. The first-order chi connectivity index (χ1) is 18.8. The van der Waals surface area contributed by atoms with Crippen molar-refractivity contribution in [2.24, 2.45) is 5.92 Å². The number of aliphatic carboxylic acids is 1. The van der Waals surface area contributed by atoms with Crippen LogP contribution < -0.4 is 10.0 Å². The van der Waals surface area contributed by atoms with Crippen LogP contribution in [0.2, 0.25) is 0 Å². The molecule has 1 saturated carbocycles. The van der Waals surface area contributed by atoms with E-state index in [4.69, 9.17) is 14.9 Å². The van der Waals surface area contributed by atoms with E-state index < -0.39 is 33.3 Å². The molecule has 2 atom stereocenters. The number of carbonyl (C=O) groups is 3. The van der Waals surface area contributed by atoms with Crippen molar-refractivity contribution in [3.8, 4) is 0 Å². The van der Waals surface area contributed by atoms with Gasteiger partial charge in [-0.05, 0) is 42.5 Å². The van der Waals surface area contributed by atoms with Gasteiger partial charge >= 0.3 is 12.1 Å². The number of sulfonamides is 1. The first-order valence-corrected chi connectivity index (χ1v) is 14.1. The SMILES string of the molecule is O=C(O)C(F)(F)F.O=C1CC(c2ccc(C[C@H](NC(=O)C3CCCC3)c3nc4ccccc4[nH]3)cc2)S(=O)(=O)N1. The van der Waals surface area contributed by atoms with E-state index in [0.29, 0.717) is 17.8 Å². The molecule has 40 heavy (non-hydrogen) atoms. The molecular weight excluding hydrogens is 553 g/mol. The smallest absolute Gasteiger partial charge is 0.475 e. The van der Waals surface area contributed by atoms with Gasteiger partial charge in [-0.2, -0.15) is 13.2 Å². The lowest BCUT2D eigenvalue weighted by Gasteiger charge is -2.20. The number of nitrogens with one attached hydrogen (secondary N) is 3. The number of hydrogen-bond donors (Lipinski definition) is 4. The lowest BCUT2D eigenvalue weighted by Crippen LogP contribution is -2.34. The average Bonchev–Trinajstić information content (AvgIpc) is 3.62. The molecule has 214 valence electrons. The van der Waals surface area contributed by atoms with Gasteiger partial charge in [-0.25, -0.2) is 18.2 Å². The van der Waals surface area contributed by atoms with Crippen LogP contribution in [0.5, 0.6) is 0 Å². The van der Waals surface area contributed by atoms with E-state index in [0.717, 1.165) is 42.3 Å². The number of rotatable bonds is 6. The number of nitrogens with zero attached hydrogens (tertiary/aromatic N) is 1. The Kier molecular flexibility index (Phi) is 8.47. The van der Waals surface area contributed by atoms with Crippen molar-refractivity contribution in [2.45, 2.75) is 56.0 Å². The second-order valence-corrected chi connectivity index (χ2v) is 11.6. The Labute approximate surface area is 227 Å². The van der Waals surface area contributed by atoms with E-state index in [1.165, 1.54) is 0 Å². The number of benzene rings is 2. The first-order valence-electron chi connectivity index (χ1n) is 12.5. The van der Waals surface area contributed by atoms with Gasteiger partial charge in [0.2, 0.25) is 21.8 Å². The normalized spacial score (nSPS) is 19.5. The van der Waals surface area contributed by atoms with E-state index in [9.17, 15) is 31.2 Å². The number of para-hydroxylation sites is 2. The summed E-state index contributed by atoms with van der Waals surface area (Å²) in [5.74, 6) is -2.45. The summed E-state index contributed by atoms with van der Waals surface area (Å²) in [6, 6.07) is 14.6. The van der Waals surface area contributed by atoms with Crippen LogP contribution in [0.4, 0.5) is 13.2 Å². The summed E-state index contributed by atoms with van der Waals surface area (Å²) in [6.45, 7) is 0. The molecule has 10 nitrogen and oxygen atoms in total. The summed E-state index contributed by atoms with van der Waals surface area (Å²) in [7, 11) is -3.68. The molecule has 2 aliphatic rings. The molecule has 1 aromatic heterocycles. The fraction of sp³-hybridized carbons (Fsp3) is 0.385. The Balaban J connectivity index is 0.000000470. The van der Waals surface area contributed by atoms with E-state index in [1.807, 2.05) is 41.1 Å². The van der Waals surface area contributed by atoms with Gasteiger partial charge in [-0.3, -0.25) is 14.3 Å². The third kappa shape index (κ3) is 6.97. The maximum atomic E-state index is 12.9. The van der Waals surface area contributed by atoms with Crippen molar-refractivity contribution in [2.75, 3.05) is 0 Å². The molecule has 1 aliphatic carbocycles. The molecule has 1 saturated heterocycles. The summed E-state index contributed by atoms with van der Waals surface area (Å²) < 4.78 is 58.1. The lowest BCUT2D eigenvalue weighted by atomic mass is 10.0. The standard InChI is InChI=1S/C24H26N4O4S.C2HF3O2/c29-22-14-21(33(31,32)28-22)16-11-9-15(10-12-16)13-20(27-24(30)17-5-1-2-6-17)23-25-18-7-3-4-8-19(18)26-23;3-2(4,5)1(6)7/h3-4,7-12,17,20-21H,1-2,5-6,13-14H2,(H,25,26)(H,27,30)(H,28,29);(H,6,7)/t20-,21?;/m0./s1. The Bertz CT molecular complexity index is 1470.